The van der Waals surface area contributed by atoms with Crippen molar-refractivity contribution in [3.05, 3.63) is 249 Å². The van der Waals surface area contributed by atoms with Crippen LogP contribution in [0.15, 0.2) is 249 Å². The highest BCUT2D eigenvalue weighted by Crippen LogP contribution is 2.43. The summed E-state index contributed by atoms with van der Waals surface area (Å²) in [4.78, 5) is 0. The summed E-state index contributed by atoms with van der Waals surface area (Å²) < 4.78 is 7.39. The molecule has 0 aliphatic carbocycles. The SMILES string of the molecule is c1ccc(-c2cccc([Si](c3ccccc3)(c3ccccc3)c3cccc(-n4c5ccccc5c5ccc(-n6c7cccc8c7c7c(cccc76)n8-c6ccccc6)cc54)c3)c2)cc1. The van der Waals surface area contributed by atoms with E-state index in [0.29, 0.717) is 0 Å². The molecule has 0 aliphatic heterocycles. The zero-order chi connectivity index (χ0) is 42.2. The fraction of sp³-hybridized carbons (Fsp3) is 0. The molecule has 13 rings (SSSR count). The molecule has 3 heterocycles. The molecule has 64 heavy (non-hydrogen) atoms. The predicted octanol–water partition coefficient (Wildman–Crippen LogP) is 12.3. The van der Waals surface area contributed by atoms with Gasteiger partial charge in [-0.3, -0.25) is 0 Å². The lowest BCUT2D eigenvalue weighted by molar-refractivity contribution is 1.15. The van der Waals surface area contributed by atoms with E-state index < -0.39 is 8.07 Å². The van der Waals surface area contributed by atoms with Crippen LogP contribution in [0.25, 0.3) is 82.8 Å². The molecule has 0 N–H and O–H groups in total. The lowest BCUT2D eigenvalue weighted by Gasteiger charge is -2.35. The Kier molecular flexibility index (Phi) is 8.23. The molecular weight excluding hydrogens is 791 g/mol. The monoisotopic (exact) mass is 831 g/mol. The highest BCUT2D eigenvalue weighted by molar-refractivity contribution is 7.20. The van der Waals surface area contributed by atoms with Gasteiger partial charge in [0.2, 0.25) is 0 Å². The molecule has 4 heteroatoms. The van der Waals surface area contributed by atoms with Crippen molar-refractivity contribution >= 4 is 83.5 Å². The van der Waals surface area contributed by atoms with E-state index in [-0.39, 0.29) is 0 Å². The Balaban J connectivity index is 1.06. The molecule has 0 amide bonds. The summed E-state index contributed by atoms with van der Waals surface area (Å²) in [6.45, 7) is 0. The van der Waals surface area contributed by atoms with Crippen molar-refractivity contribution in [2.24, 2.45) is 0 Å². The van der Waals surface area contributed by atoms with Crippen molar-refractivity contribution in [3.8, 4) is 28.2 Å². The van der Waals surface area contributed by atoms with Crippen LogP contribution in [-0.4, -0.2) is 21.8 Å². The van der Waals surface area contributed by atoms with Crippen LogP contribution >= 0.6 is 0 Å². The van der Waals surface area contributed by atoms with Crippen LogP contribution in [0, 0.1) is 0 Å². The summed E-state index contributed by atoms with van der Waals surface area (Å²) in [6.07, 6.45) is 0. The molecular formula is C60H41N3Si. The summed E-state index contributed by atoms with van der Waals surface area (Å²) in [6, 6.07) is 92.3. The Morgan fingerprint density at radius 3 is 1.28 bits per heavy atom. The second-order valence-corrected chi connectivity index (χ2v) is 20.7. The topological polar surface area (TPSA) is 14.8 Å². The van der Waals surface area contributed by atoms with Gasteiger partial charge in [-0.05, 0) is 98.6 Å². The molecule has 0 bridgehead atoms. The summed E-state index contributed by atoms with van der Waals surface area (Å²) in [5.74, 6) is 0. The Labute approximate surface area is 372 Å². The minimum Gasteiger partial charge on any atom is -0.309 e. The average molecular weight is 832 g/mol. The van der Waals surface area contributed by atoms with E-state index in [0.717, 1.165) is 11.4 Å². The summed E-state index contributed by atoms with van der Waals surface area (Å²) in [5, 5.41) is 10.5. The van der Waals surface area contributed by atoms with Crippen molar-refractivity contribution < 1.29 is 0 Å². The number of hydrogen-bond acceptors (Lipinski definition) is 0. The smallest absolute Gasteiger partial charge is 0.179 e. The van der Waals surface area contributed by atoms with Crippen molar-refractivity contribution in [3.63, 3.8) is 0 Å². The first-order chi connectivity index (χ1) is 31.8. The number of hydrogen-bond donors (Lipinski definition) is 0. The maximum atomic E-state index is 2.50. The fourth-order valence-electron chi connectivity index (χ4n) is 10.9. The largest absolute Gasteiger partial charge is 0.309 e. The zero-order valence-corrected chi connectivity index (χ0v) is 36.0. The van der Waals surface area contributed by atoms with Gasteiger partial charge in [-0.15, -0.1) is 0 Å². The summed E-state index contributed by atoms with van der Waals surface area (Å²) in [5.41, 5.74) is 13.1. The number of para-hydroxylation sites is 2. The quantitative estimate of drug-likeness (QED) is 0.107. The first kappa shape index (κ1) is 36.5. The number of fused-ring (bicyclic) bond motifs is 3. The second-order valence-electron chi connectivity index (χ2n) is 16.9. The molecule has 0 atom stereocenters. The molecule has 3 nitrogen and oxygen atoms in total. The molecule has 0 unspecified atom stereocenters. The molecule has 0 radical (unpaired) electrons. The Morgan fingerprint density at radius 2 is 0.641 bits per heavy atom. The minimum absolute atomic E-state index is 1.14. The van der Waals surface area contributed by atoms with E-state index in [1.807, 2.05) is 0 Å². The van der Waals surface area contributed by atoms with Gasteiger partial charge in [-0.25, -0.2) is 0 Å². The molecule has 300 valence electrons. The molecule has 0 spiro atoms. The van der Waals surface area contributed by atoms with Gasteiger partial charge in [0.05, 0.1) is 33.1 Å². The van der Waals surface area contributed by atoms with E-state index >= 15 is 0 Å². The van der Waals surface area contributed by atoms with Gasteiger partial charge in [0.15, 0.2) is 8.07 Å². The number of aromatic nitrogens is 3. The maximum absolute atomic E-state index is 2.91. The third-order valence-electron chi connectivity index (χ3n) is 13.5. The molecule has 0 saturated carbocycles. The van der Waals surface area contributed by atoms with Crippen molar-refractivity contribution in [1.29, 1.82) is 0 Å². The van der Waals surface area contributed by atoms with Crippen LogP contribution in [0.2, 0.25) is 0 Å². The number of nitrogens with zero attached hydrogens (tertiary/aromatic N) is 3. The number of benzene rings is 10. The van der Waals surface area contributed by atoms with Crippen molar-refractivity contribution in [1.82, 2.24) is 13.7 Å². The van der Waals surface area contributed by atoms with E-state index in [1.54, 1.807) is 0 Å². The van der Waals surface area contributed by atoms with Crippen LogP contribution in [-0.2, 0) is 0 Å². The Bertz CT molecular complexity index is 3720. The Morgan fingerprint density at radius 1 is 0.234 bits per heavy atom. The molecule has 3 aromatic heterocycles. The van der Waals surface area contributed by atoms with E-state index in [2.05, 4.69) is 262 Å². The number of rotatable bonds is 8. The lowest BCUT2D eigenvalue weighted by atomic mass is 10.1. The third-order valence-corrected chi connectivity index (χ3v) is 18.3. The zero-order valence-electron chi connectivity index (χ0n) is 35.0. The van der Waals surface area contributed by atoms with Crippen molar-refractivity contribution in [2.75, 3.05) is 0 Å². The third kappa shape index (κ3) is 5.33. The van der Waals surface area contributed by atoms with Gasteiger partial charge < -0.3 is 13.7 Å². The van der Waals surface area contributed by atoms with Gasteiger partial charge in [0, 0.05) is 38.6 Å². The van der Waals surface area contributed by atoms with Crippen LogP contribution in [0.3, 0.4) is 0 Å². The highest BCUT2D eigenvalue weighted by Gasteiger charge is 2.42. The first-order valence-corrected chi connectivity index (χ1v) is 24.1. The van der Waals surface area contributed by atoms with Crippen LogP contribution in [0.4, 0.5) is 0 Å². The molecule has 10 aromatic carbocycles. The summed E-state index contributed by atoms with van der Waals surface area (Å²) in [7, 11) is -2.91. The molecule has 13 aromatic rings. The minimum atomic E-state index is -2.91. The highest BCUT2D eigenvalue weighted by atomic mass is 28.3. The van der Waals surface area contributed by atoms with Crippen LogP contribution in [0.5, 0.6) is 0 Å². The average Bonchev–Trinajstić information content (AvgIpc) is 4.02. The van der Waals surface area contributed by atoms with Crippen LogP contribution in [0.1, 0.15) is 0 Å². The maximum Gasteiger partial charge on any atom is 0.179 e. The normalized spacial score (nSPS) is 12.1. The van der Waals surface area contributed by atoms with Gasteiger partial charge in [-0.2, -0.15) is 0 Å². The van der Waals surface area contributed by atoms with Crippen LogP contribution < -0.4 is 20.7 Å². The van der Waals surface area contributed by atoms with Gasteiger partial charge in [0.25, 0.3) is 0 Å². The predicted molar refractivity (Wildman–Crippen MR) is 272 cm³/mol. The standard InChI is InChI=1S/C60H41N3Si/c1-5-19-42(20-6-1)43-21-15-29-49(39-43)64(47-25-9-3-10-26-47,48-27-11-4-12-28-48)50-30-16-24-45(40-50)62-53-32-14-13-31-51(53)52-38-37-46(41-58(52)62)63-56-35-17-33-54-59(56)60-55(34-18-36-57(60)63)61(54)44-22-7-2-8-23-44/h1-41H. The fourth-order valence-corrected chi connectivity index (χ4v) is 15.7. The van der Waals surface area contributed by atoms with Gasteiger partial charge >= 0.3 is 0 Å². The van der Waals surface area contributed by atoms with Crippen molar-refractivity contribution in [2.45, 2.75) is 0 Å². The first-order valence-electron chi connectivity index (χ1n) is 22.1. The van der Waals surface area contributed by atoms with E-state index in [4.69, 9.17) is 0 Å². The molecule has 0 saturated heterocycles. The van der Waals surface area contributed by atoms with E-state index in [9.17, 15) is 0 Å². The van der Waals surface area contributed by atoms with E-state index in [1.165, 1.54) is 92.2 Å². The second kappa shape index (κ2) is 14.5. The Hall–Kier alpha value is -8.18. The van der Waals surface area contributed by atoms with Gasteiger partial charge in [0.1, 0.15) is 0 Å². The van der Waals surface area contributed by atoms with Gasteiger partial charge in [-0.1, -0.05) is 182 Å². The summed E-state index contributed by atoms with van der Waals surface area (Å²) >= 11 is 0. The lowest BCUT2D eigenvalue weighted by Crippen LogP contribution is -2.74. The molecule has 0 fully saturated rings. The molecule has 0 aliphatic rings.